The minimum absolute atomic E-state index is 0.117. The molecule has 11 heteroatoms. The molecule has 4 aromatic rings. The van der Waals surface area contributed by atoms with Gasteiger partial charge in [0.05, 0.1) is 35.5 Å². The topological polar surface area (TPSA) is 113 Å². The number of alkyl halides is 3. The molecule has 0 aromatic carbocycles. The van der Waals surface area contributed by atoms with Crippen LogP contribution < -0.4 is 5.32 Å². The van der Waals surface area contributed by atoms with E-state index in [0.717, 1.165) is 11.8 Å². The monoisotopic (exact) mass is 408 g/mol. The van der Waals surface area contributed by atoms with Gasteiger partial charge in [0.15, 0.2) is 11.3 Å². The van der Waals surface area contributed by atoms with Gasteiger partial charge in [0.25, 0.3) is 0 Å². The summed E-state index contributed by atoms with van der Waals surface area (Å²) in [5.74, 6) is 0.117. The fourth-order valence-corrected chi connectivity index (χ4v) is 2.72. The van der Waals surface area contributed by atoms with E-state index < -0.39 is 11.9 Å². The maximum absolute atomic E-state index is 12.6. The van der Waals surface area contributed by atoms with Gasteiger partial charge < -0.3 is 5.32 Å². The summed E-state index contributed by atoms with van der Waals surface area (Å²) in [6, 6.07) is 5.32. The van der Waals surface area contributed by atoms with Crippen molar-refractivity contribution in [2.45, 2.75) is 13.1 Å². The number of nitrogens with one attached hydrogen (secondary N) is 1. The van der Waals surface area contributed by atoms with E-state index in [0.29, 0.717) is 40.0 Å². The Balaban J connectivity index is 1.67. The molecule has 0 aliphatic carbocycles. The molecule has 30 heavy (non-hydrogen) atoms. The lowest BCUT2D eigenvalue weighted by atomic mass is 10.1. The first-order chi connectivity index (χ1) is 14.3. The minimum atomic E-state index is -4.56. The normalized spacial score (nSPS) is 11.3. The Morgan fingerprint density at radius 2 is 1.83 bits per heavy atom. The van der Waals surface area contributed by atoms with Crippen LogP contribution in [0.15, 0.2) is 43.1 Å². The zero-order chi connectivity index (χ0) is 21.3. The summed E-state index contributed by atoms with van der Waals surface area (Å²) >= 11 is 0. The number of rotatable bonds is 3. The minimum Gasteiger partial charge on any atom is -0.337 e. The van der Waals surface area contributed by atoms with Crippen LogP contribution in [0.5, 0.6) is 0 Å². The molecule has 4 rings (SSSR count). The van der Waals surface area contributed by atoms with Gasteiger partial charge in [-0.05, 0) is 24.6 Å². The highest BCUT2D eigenvalue weighted by Crippen LogP contribution is 2.28. The average molecular weight is 408 g/mol. The molecule has 8 nitrogen and oxygen atoms in total. The zero-order valence-corrected chi connectivity index (χ0v) is 15.3. The quantitative estimate of drug-likeness (QED) is 0.544. The SMILES string of the molecule is Cc1cc(C#N)cnc1-c1cnc2c(Nc3cnc(C(F)(F)F)cn3)ccnc2n1. The molecule has 0 aliphatic heterocycles. The molecule has 148 valence electrons. The number of halogens is 3. The maximum atomic E-state index is 12.6. The van der Waals surface area contributed by atoms with Gasteiger partial charge in [-0.1, -0.05) is 0 Å². The van der Waals surface area contributed by atoms with Crippen molar-refractivity contribution in [1.29, 1.82) is 5.26 Å². The molecule has 0 atom stereocenters. The maximum Gasteiger partial charge on any atom is 0.434 e. The van der Waals surface area contributed by atoms with Crippen molar-refractivity contribution < 1.29 is 13.2 Å². The third-order valence-corrected chi connectivity index (χ3v) is 4.10. The third kappa shape index (κ3) is 3.70. The predicted octanol–water partition coefficient (Wildman–Crippen LogP) is 3.82. The van der Waals surface area contributed by atoms with Crippen molar-refractivity contribution in [1.82, 2.24) is 29.9 Å². The van der Waals surface area contributed by atoms with Gasteiger partial charge in [-0.2, -0.15) is 18.4 Å². The van der Waals surface area contributed by atoms with Crippen LogP contribution >= 0.6 is 0 Å². The standard InChI is InChI=1S/C19H11F3N8/c1-10-4-11(5-23)6-27-16(10)13-7-28-17-12(2-3-24-18(17)30-13)29-15-9-25-14(8-26-15)19(20,21)22/h2-4,6-9H,1H3,(H,24,26,29,30). The van der Waals surface area contributed by atoms with E-state index in [1.807, 2.05) is 13.0 Å². The number of pyridine rings is 2. The van der Waals surface area contributed by atoms with Crippen molar-refractivity contribution >= 4 is 22.7 Å². The van der Waals surface area contributed by atoms with Crippen LogP contribution in [-0.4, -0.2) is 29.9 Å². The van der Waals surface area contributed by atoms with Crippen molar-refractivity contribution in [3.05, 3.63) is 59.9 Å². The molecule has 0 saturated carbocycles. The number of hydrogen-bond acceptors (Lipinski definition) is 8. The fraction of sp³-hybridized carbons (Fsp3) is 0.105. The van der Waals surface area contributed by atoms with Gasteiger partial charge in [-0.25, -0.2) is 24.9 Å². The average Bonchev–Trinajstić information content (AvgIpc) is 2.73. The molecule has 0 radical (unpaired) electrons. The molecule has 4 heterocycles. The first-order valence-corrected chi connectivity index (χ1v) is 8.50. The van der Waals surface area contributed by atoms with Crippen LogP contribution in [-0.2, 0) is 6.18 Å². The predicted molar refractivity (Wildman–Crippen MR) is 100 cm³/mol. The van der Waals surface area contributed by atoms with Gasteiger partial charge in [-0.3, -0.25) is 4.98 Å². The Morgan fingerprint density at radius 1 is 1.00 bits per heavy atom. The van der Waals surface area contributed by atoms with Crippen molar-refractivity contribution in [3.63, 3.8) is 0 Å². The van der Waals surface area contributed by atoms with Gasteiger partial charge in [0, 0.05) is 12.4 Å². The molecule has 0 amide bonds. The van der Waals surface area contributed by atoms with Crippen LogP contribution in [0, 0.1) is 18.3 Å². The van der Waals surface area contributed by atoms with Crippen molar-refractivity contribution in [2.75, 3.05) is 5.32 Å². The molecule has 0 spiro atoms. The smallest absolute Gasteiger partial charge is 0.337 e. The van der Waals surface area contributed by atoms with Gasteiger partial charge >= 0.3 is 6.18 Å². The highest BCUT2D eigenvalue weighted by atomic mass is 19.4. The summed E-state index contributed by atoms with van der Waals surface area (Å²) in [5.41, 5.74) is 2.32. The Morgan fingerprint density at radius 3 is 2.50 bits per heavy atom. The number of fused-ring (bicyclic) bond motifs is 1. The van der Waals surface area contributed by atoms with E-state index in [9.17, 15) is 13.2 Å². The van der Waals surface area contributed by atoms with Crippen LogP contribution in [0.1, 0.15) is 16.8 Å². The van der Waals surface area contributed by atoms with E-state index in [1.165, 1.54) is 18.6 Å². The number of anilines is 2. The third-order valence-electron chi connectivity index (χ3n) is 4.10. The molecular formula is C19H11F3N8. The van der Waals surface area contributed by atoms with E-state index in [2.05, 4.69) is 35.2 Å². The second-order valence-electron chi connectivity index (χ2n) is 6.20. The molecular weight excluding hydrogens is 397 g/mol. The van der Waals surface area contributed by atoms with E-state index in [4.69, 9.17) is 5.26 Å². The lowest BCUT2D eigenvalue weighted by Crippen LogP contribution is -2.09. The largest absolute Gasteiger partial charge is 0.434 e. The van der Waals surface area contributed by atoms with Crippen molar-refractivity contribution in [3.8, 4) is 17.5 Å². The van der Waals surface area contributed by atoms with Crippen LogP contribution in [0.3, 0.4) is 0 Å². The van der Waals surface area contributed by atoms with E-state index in [1.54, 1.807) is 12.1 Å². The molecule has 0 saturated heterocycles. The van der Waals surface area contributed by atoms with Gasteiger partial charge in [0.1, 0.15) is 23.1 Å². The number of nitrogens with zero attached hydrogens (tertiary/aromatic N) is 7. The molecule has 0 bridgehead atoms. The molecule has 1 N–H and O–H groups in total. The molecule has 0 unspecified atom stereocenters. The molecule has 0 fully saturated rings. The summed E-state index contributed by atoms with van der Waals surface area (Å²) < 4.78 is 37.9. The zero-order valence-electron chi connectivity index (χ0n) is 15.3. The van der Waals surface area contributed by atoms with Crippen LogP contribution in [0.25, 0.3) is 22.6 Å². The first-order valence-electron chi connectivity index (χ1n) is 8.50. The second-order valence-corrected chi connectivity index (χ2v) is 6.20. The first kappa shape index (κ1) is 19.1. The Labute approximate surface area is 167 Å². The van der Waals surface area contributed by atoms with E-state index >= 15 is 0 Å². The van der Waals surface area contributed by atoms with E-state index in [-0.39, 0.29) is 5.82 Å². The summed E-state index contributed by atoms with van der Waals surface area (Å²) in [7, 11) is 0. The lowest BCUT2D eigenvalue weighted by molar-refractivity contribution is -0.141. The number of hydrogen-bond donors (Lipinski definition) is 1. The van der Waals surface area contributed by atoms with Crippen LogP contribution in [0.2, 0.25) is 0 Å². The summed E-state index contributed by atoms with van der Waals surface area (Å²) in [5, 5.41) is 11.8. The lowest BCUT2D eigenvalue weighted by Gasteiger charge is -2.10. The number of nitriles is 1. The summed E-state index contributed by atoms with van der Waals surface area (Å²) in [6.07, 6.45) is 1.52. The van der Waals surface area contributed by atoms with Gasteiger partial charge in [0.2, 0.25) is 0 Å². The summed E-state index contributed by atoms with van der Waals surface area (Å²) in [6.45, 7) is 1.81. The molecule has 0 aliphatic rings. The molecule has 4 aromatic heterocycles. The van der Waals surface area contributed by atoms with Crippen LogP contribution in [0.4, 0.5) is 24.7 Å². The Bertz CT molecular complexity index is 1280. The Hall–Kier alpha value is -4.20. The summed E-state index contributed by atoms with van der Waals surface area (Å²) in [4.78, 5) is 24.4. The Kier molecular flexibility index (Phi) is 4.67. The van der Waals surface area contributed by atoms with Crippen molar-refractivity contribution in [2.24, 2.45) is 0 Å². The number of aryl methyl sites for hydroxylation is 1. The number of aromatic nitrogens is 6. The highest BCUT2D eigenvalue weighted by Gasteiger charge is 2.32. The second kappa shape index (κ2) is 7.32. The highest BCUT2D eigenvalue weighted by molar-refractivity contribution is 5.87. The van der Waals surface area contributed by atoms with Gasteiger partial charge in [-0.15, -0.1) is 0 Å². The fourth-order valence-electron chi connectivity index (χ4n) is 2.72.